The van der Waals surface area contributed by atoms with Gasteiger partial charge >= 0.3 is 0 Å². The van der Waals surface area contributed by atoms with Crippen molar-refractivity contribution in [3.63, 3.8) is 0 Å². The van der Waals surface area contributed by atoms with Gasteiger partial charge < -0.3 is 4.57 Å². The molecule has 130 valence electrons. The van der Waals surface area contributed by atoms with Crippen molar-refractivity contribution >= 4 is 50.3 Å². The molecule has 4 aromatic rings. The zero-order valence-electron chi connectivity index (χ0n) is 13.6. The number of fused-ring (bicyclic) bond motifs is 1. The zero-order chi connectivity index (χ0) is 18.3. The number of hydrogen-bond donors (Lipinski definition) is 0. The molecule has 8 heteroatoms. The van der Waals surface area contributed by atoms with Crippen LogP contribution in [0.25, 0.3) is 22.6 Å². The summed E-state index contributed by atoms with van der Waals surface area (Å²) in [6.45, 7) is 2.52. The highest BCUT2D eigenvalue weighted by Crippen LogP contribution is 2.33. The van der Waals surface area contributed by atoms with E-state index in [4.69, 9.17) is 23.2 Å². The van der Waals surface area contributed by atoms with Gasteiger partial charge in [0.2, 0.25) is 0 Å². The molecule has 3 aromatic heterocycles. The van der Waals surface area contributed by atoms with Crippen molar-refractivity contribution in [3.05, 3.63) is 68.8 Å². The highest BCUT2D eigenvalue weighted by molar-refractivity contribution is 9.10. The number of pyridine rings is 1. The monoisotopic (exact) mass is 447 g/mol. The maximum Gasteiger partial charge on any atom is 0.165 e. The van der Waals surface area contributed by atoms with Gasteiger partial charge in [-0.05, 0) is 42.8 Å². The number of halogens is 3. The van der Waals surface area contributed by atoms with Crippen molar-refractivity contribution < 1.29 is 0 Å². The normalized spacial score (nSPS) is 11.2. The Hall–Kier alpha value is -2.02. The van der Waals surface area contributed by atoms with Crippen LogP contribution in [0, 0.1) is 6.92 Å². The molecule has 3 heterocycles. The van der Waals surface area contributed by atoms with Gasteiger partial charge in [-0.25, -0.2) is 15.0 Å². The van der Waals surface area contributed by atoms with E-state index in [1.807, 2.05) is 41.8 Å². The third-order valence-corrected chi connectivity index (χ3v) is 5.03. The summed E-state index contributed by atoms with van der Waals surface area (Å²) >= 11 is 16.1. The van der Waals surface area contributed by atoms with Crippen molar-refractivity contribution in [2.45, 2.75) is 13.5 Å². The fourth-order valence-electron chi connectivity index (χ4n) is 2.78. The highest BCUT2D eigenvalue weighted by Gasteiger charge is 2.19. The SMILES string of the molecule is Cc1ccnc(Cn2c(-c3ccc(Br)cc3Cl)nc3c(Cl)ncnc32)c1. The van der Waals surface area contributed by atoms with E-state index in [2.05, 4.69) is 35.9 Å². The minimum Gasteiger partial charge on any atom is -0.302 e. The lowest BCUT2D eigenvalue weighted by Crippen LogP contribution is -2.05. The largest absolute Gasteiger partial charge is 0.302 e. The maximum atomic E-state index is 6.46. The Morgan fingerprint density at radius 1 is 1.08 bits per heavy atom. The van der Waals surface area contributed by atoms with Crippen LogP contribution in [0.2, 0.25) is 10.2 Å². The van der Waals surface area contributed by atoms with E-state index in [1.54, 1.807) is 6.20 Å². The Morgan fingerprint density at radius 3 is 2.69 bits per heavy atom. The average molecular weight is 449 g/mol. The van der Waals surface area contributed by atoms with Gasteiger partial charge in [0.15, 0.2) is 10.8 Å². The number of benzene rings is 1. The quantitative estimate of drug-likeness (QED) is 0.398. The molecule has 0 atom stereocenters. The van der Waals surface area contributed by atoms with E-state index in [1.165, 1.54) is 6.33 Å². The van der Waals surface area contributed by atoms with Gasteiger partial charge in [-0.3, -0.25) is 4.98 Å². The third-order valence-electron chi connectivity index (χ3n) is 3.95. The van der Waals surface area contributed by atoms with E-state index in [0.29, 0.717) is 33.7 Å². The topological polar surface area (TPSA) is 56.5 Å². The first-order chi connectivity index (χ1) is 12.5. The maximum absolute atomic E-state index is 6.46. The van der Waals surface area contributed by atoms with Gasteiger partial charge in [0, 0.05) is 16.2 Å². The minimum absolute atomic E-state index is 0.306. The van der Waals surface area contributed by atoms with Crippen LogP contribution in [0.4, 0.5) is 0 Å². The van der Waals surface area contributed by atoms with Gasteiger partial charge in [0.25, 0.3) is 0 Å². The number of hydrogen-bond acceptors (Lipinski definition) is 4. The molecule has 4 rings (SSSR count). The number of aryl methyl sites for hydroxylation is 1. The van der Waals surface area contributed by atoms with E-state index in [-0.39, 0.29) is 0 Å². The Morgan fingerprint density at radius 2 is 1.92 bits per heavy atom. The van der Waals surface area contributed by atoms with E-state index < -0.39 is 0 Å². The molecule has 5 nitrogen and oxygen atoms in total. The molecular formula is C18H12BrCl2N5. The molecule has 0 aliphatic carbocycles. The lowest BCUT2D eigenvalue weighted by atomic mass is 10.2. The fraction of sp³-hybridized carbons (Fsp3) is 0.111. The van der Waals surface area contributed by atoms with Crippen LogP contribution < -0.4 is 0 Å². The smallest absolute Gasteiger partial charge is 0.165 e. The second kappa shape index (κ2) is 6.95. The Kier molecular flexibility index (Phi) is 4.65. The van der Waals surface area contributed by atoms with Gasteiger partial charge in [-0.1, -0.05) is 39.1 Å². The van der Waals surface area contributed by atoms with Crippen LogP contribution in [0.15, 0.2) is 47.3 Å². The molecule has 0 saturated heterocycles. The number of imidazole rings is 1. The Balaban J connectivity index is 1.95. The molecule has 1 aromatic carbocycles. The van der Waals surface area contributed by atoms with E-state index in [9.17, 15) is 0 Å². The summed E-state index contributed by atoms with van der Waals surface area (Å²) in [6, 6.07) is 9.65. The van der Waals surface area contributed by atoms with Crippen molar-refractivity contribution in [2.24, 2.45) is 0 Å². The van der Waals surface area contributed by atoms with Crippen LogP contribution >= 0.6 is 39.1 Å². The van der Waals surface area contributed by atoms with Crippen LogP contribution in [-0.4, -0.2) is 24.5 Å². The molecule has 0 bridgehead atoms. The van der Waals surface area contributed by atoms with E-state index >= 15 is 0 Å². The van der Waals surface area contributed by atoms with Gasteiger partial charge in [-0.15, -0.1) is 0 Å². The van der Waals surface area contributed by atoms with Crippen molar-refractivity contribution in [1.29, 1.82) is 0 Å². The fourth-order valence-corrected chi connectivity index (χ4v) is 3.71. The molecular weight excluding hydrogens is 437 g/mol. The van der Waals surface area contributed by atoms with Crippen molar-refractivity contribution in [2.75, 3.05) is 0 Å². The van der Waals surface area contributed by atoms with Crippen molar-refractivity contribution in [3.8, 4) is 11.4 Å². The van der Waals surface area contributed by atoms with Gasteiger partial charge in [-0.2, -0.15) is 0 Å². The van der Waals surface area contributed by atoms with Crippen molar-refractivity contribution in [1.82, 2.24) is 24.5 Å². The first kappa shape index (κ1) is 17.4. The van der Waals surface area contributed by atoms with Crippen LogP contribution in [-0.2, 0) is 6.54 Å². The average Bonchev–Trinajstić information content (AvgIpc) is 2.95. The highest BCUT2D eigenvalue weighted by atomic mass is 79.9. The predicted octanol–water partition coefficient (Wildman–Crippen LogP) is 5.31. The molecule has 0 fully saturated rings. The second-order valence-electron chi connectivity index (χ2n) is 5.81. The summed E-state index contributed by atoms with van der Waals surface area (Å²) in [4.78, 5) is 17.5. The molecule has 0 aliphatic rings. The summed E-state index contributed by atoms with van der Waals surface area (Å²) < 4.78 is 2.85. The zero-order valence-corrected chi connectivity index (χ0v) is 16.7. The summed E-state index contributed by atoms with van der Waals surface area (Å²) in [7, 11) is 0. The molecule has 0 N–H and O–H groups in total. The van der Waals surface area contributed by atoms with Crippen LogP contribution in [0.1, 0.15) is 11.3 Å². The van der Waals surface area contributed by atoms with E-state index in [0.717, 1.165) is 21.3 Å². The molecule has 0 radical (unpaired) electrons. The van der Waals surface area contributed by atoms with Crippen LogP contribution in [0.5, 0.6) is 0 Å². The second-order valence-corrected chi connectivity index (χ2v) is 7.49. The molecule has 0 saturated carbocycles. The summed E-state index contributed by atoms with van der Waals surface area (Å²) in [5.74, 6) is 0.670. The lowest BCUT2D eigenvalue weighted by molar-refractivity contribution is 0.795. The Bertz CT molecular complexity index is 1130. The lowest BCUT2D eigenvalue weighted by Gasteiger charge is -2.10. The Labute approximate surface area is 168 Å². The third kappa shape index (κ3) is 3.20. The predicted molar refractivity (Wildman–Crippen MR) is 107 cm³/mol. The molecule has 0 aliphatic heterocycles. The van der Waals surface area contributed by atoms with Gasteiger partial charge in [0.1, 0.15) is 17.7 Å². The molecule has 0 amide bonds. The standard InChI is InChI=1S/C18H12BrCl2N5/c1-10-4-5-22-12(6-10)8-26-17(13-3-2-11(19)7-14(13)20)25-15-16(21)23-9-24-18(15)26/h2-7,9H,8H2,1H3. The first-order valence-corrected chi connectivity index (χ1v) is 9.31. The molecule has 0 spiro atoms. The molecule has 0 unspecified atom stereocenters. The summed E-state index contributed by atoms with van der Waals surface area (Å²) in [5, 5.41) is 0.887. The first-order valence-electron chi connectivity index (χ1n) is 7.76. The van der Waals surface area contributed by atoms with Gasteiger partial charge in [0.05, 0.1) is 17.3 Å². The molecule has 26 heavy (non-hydrogen) atoms. The summed E-state index contributed by atoms with van der Waals surface area (Å²) in [5.41, 5.74) is 4.00. The number of nitrogens with zero attached hydrogens (tertiary/aromatic N) is 5. The number of aromatic nitrogens is 5. The van der Waals surface area contributed by atoms with Crippen LogP contribution in [0.3, 0.4) is 0 Å². The summed E-state index contributed by atoms with van der Waals surface area (Å²) in [6.07, 6.45) is 3.22. The minimum atomic E-state index is 0.306. The number of rotatable bonds is 3.